The second-order valence-corrected chi connectivity index (χ2v) is 11.0. The average Bonchev–Trinajstić information content (AvgIpc) is 3.11. The second kappa shape index (κ2) is 11.0. The highest BCUT2D eigenvalue weighted by Crippen LogP contribution is 2.35. The molecule has 2 fully saturated rings. The van der Waals surface area contributed by atoms with Gasteiger partial charge in [0.25, 0.3) is 11.5 Å². The van der Waals surface area contributed by atoms with Crippen molar-refractivity contribution in [2.45, 2.75) is 65.7 Å². The number of carbonyl (C=O) groups is 1. The first-order chi connectivity index (χ1) is 16.4. The molecule has 0 bridgehead atoms. The average molecular weight is 499 g/mol. The number of piperidine rings is 1. The van der Waals surface area contributed by atoms with Crippen LogP contribution in [0.2, 0.25) is 0 Å². The Morgan fingerprint density at radius 1 is 1.18 bits per heavy atom. The minimum absolute atomic E-state index is 0.0942. The highest BCUT2D eigenvalue weighted by Gasteiger charge is 2.34. The third-order valence-electron chi connectivity index (χ3n) is 6.77. The number of anilines is 1. The SMILES string of the molecule is CCCCC(CC)CN1C(=O)C(=Cc2c(N3CCCCC3)nc3ccc(C)cn3c2=O)SC1=S. The van der Waals surface area contributed by atoms with Crippen LogP contribution in [0.1, 0.15) is 69.9 Å². The van der Waals surface area contributed by atoms with Crippen molar-refractivity contribution in [2.24, 2.45) is 5.92 Å². The van der Waals surface area contributed by atoms with Gasteiger partial charge in [-0.2, -0.15) is 0 Å². The van der Waals surface area contributed by atoms with E-state index in [4.69, 9.17) is 17.2 Å². The minimum Gasteiger partial charge on any atom is -0.356 e. The lowest BCUT2D eigenvalue weighted by molar-refractivity contribution is -0.122. The number of thiocarbonyl (C=S) groups is 1. The van der Waals surface area contributed by atoms with Crippen molar-refractivity contribution in [1.82, 2.24) is 14.3 Å². The molecule has 0 saturated carbocycles. The number of hydrogen-bond acceptors (Lipinski definition) is 6. The molecule has 2 saturated heterocycles. The summed E-state index contributed by atoms with van der Waals surface area (Å²) in [4.78, 5) is 36.3. The van der Waals surface area contributed by atoms with Gasteiger partial charge in [-0.05, 0) is 56.2 Å². The molecule has 0 N–H and O–H groups in total. The zero-order valence-corrected chi connectivity index (χ0v) is 22.0. The molecule has 182 valence electrons. The Balaban J connectivity index is 1.73. The first-order valence-corrected chi connectivity index (χ1v) is 13.7. The summed E-state index contributed by atoms with van der Waals surface area (Å²) in [6.07, 6.45) is 11.3. The number of fused-ring (bicyclic) bond motifs is 1. The zero-order valence-electron chi connectivity index (χ0n) is 20.4. The normalized spacial score (nSPS) is 19.0. The number of unbranched alkanes of at least 4 members (excludes halogenated alkanes) is 1. The van der Waals surface area contributed by atoms with Crippen molar-refractivity contribution in [3.63, 3.8) is 0 Å². The molecule has 34 heavy (non-hydrogen) atoms. The van der Waals surface area contributed by atoms with Gasteiger partial charge in [0.15, 0.2) is 0 Å². The fraction of sp³-hybridized carbons (Fsp3) is 0.538. The van der Waals surface area contributed by atoms with E-state index in [1.54, 1.807) is 15.4 Å². The van der Waals surface area contributed by atoms with E-state index in [1.165, 1.54) is 18.2 Å². The van der Waals surface area contributed by atoms with Crippen LogP contribution in [0.5, 0.6) is 0 Å². The maximum Gasteiger partial charge on any atom is 0.267 e. The van der Waals surface area contributed by atoms with E-state index in [0.29, 0.717) is 38.7 Å². The monoisotopic (exact) mass is 498 g/mol. The van der Waals surface area contributed by atoms with Gasteiger partial charge in [0.1, 0.15) is 15.8 Å². The van der Waals surface area contributed by atoms with Crippen molar-refractivity contribution in [3.8, 4) is 0 Å². The van der Waals surface area contributed by atoms with Crippen LogP contribution in [0, 0.1) is 12.8 Å². The molecule has 0 aromatic carbocycles. The number of carbonyl (C=O) groups excluding carboxylic acids is 1. The lowest BCUT2D eigenvalue weighted by atomic mass is 9.99. The van der Waals surface area contributed by atoms with Gasteiger partial charge in [0, 0.05) is 25.8 Å². The summed E-state index contributed by atoms with van der Waals surface area (Å²) >= 11 is 6.89. The van der Waals surface area contributed by atoms with E-state index in [2.05, 4.69) is 18.7 Å². The molecule has 0 radical (unpaired) electrons. The lowest BCUT2D eigenvalue weighted by Crippen LogP contribution is -2.34. The molecular formula is C26H34N4O2S2. The summed E-state index contributed by atoms with van der Waals surface area (Å²) in [5.41, 5.74) is 1.94. The van der Waals surface area contributed by atoms with Gasteiger partial charge in [0.05, 0.1) is 10.5 Å². The Kier molecular flexibility index (Phi) is 8.09. The number of rotatable bonds is 8. The van der Waals surface area contributed by atoms with Gasteiger partial charge < -0.3 is 4.90 Å². The maximum atomic E-state index is 13.6. The number of pyridine rings is 1. The summed E-state index contributed by atoms with van der Waals surface area (Å²) in [5.74, 6) is 1.01. The molecule has 1 unspecified atom stereocenters. The Labute approximate surface area is 211 Å². The van der Waals surface area contributed by atoms with E-state index in [1.807, 2.05) is 25.3 Å². The van der Waals surface area contributed by atoms with Crippen molar-refractivity contribution in [2.75, 3.05) is 24.5 Å². The second-order valence-electron chi connectivity index (χ2n) is 9.35. The minimum atomic E-state index is -0.145. The van der Waals surface area contributed by atoms with Crippen molar-refractivity contribution in [3.05, 3.63) is 44.7 Å². The molecule has 0 aliphatic carbocycles. The van der Waals surface area contributed by atoms with Gasteiger partial charge in [0.2, 0.25) is 0 Å². The van der Waals surface area contributed by atoms with Gasteiger partial charge in [-0.3, -0.25) is 18.9 Å². The van der Waals surface area contributed by atoms with Crippen molar-refractivity contribution < 1.29 is 4.79 Å². The summed E-state index contributed by atoms with van der Waals surface area (Å²) < 4.78 is 2.17. The maximum absolute atomic E-state index is 13.6. The van der Waals surface area contributed by atoms with E-state index in [-0.39, 0.29) is 11.5 Å². The van der Waals surface area contributed by atoms with E-state index < -0.39 is 0 Å². The third kappa shape index (κ3) is 5.23. The predicted octanol–water partition coefficient (Wildman–Crippen LogP) is 5.41. The molecule has 8 heteroatoms. The quantitative estimate of drug-likeness (QED) is 0.358. The first kappa shape index (κ1) is 24.9. The predicted molar refractivity (Wildman–Crippen MR) is 145 cm³/mol. The molecule has 4 rings (SSSR count). The zero-order chi connectivity index (χ0) is 24.2. The number of hydrogen-bond donors (Lipinski definition) is 0. The van der Waals surface area contributed by atoms with Gasteiger partial charge in [-0.15, -0.1) is 0 Å². The molecule has 4 heterocycles. The van der Waals surface area contributed by atoms with Gasteiger partial charge in [-0.1, -0.05) is 63.2 Å². The molecule has 0 spiro atoms. The Morgan fingerprint density at radius 3 is 2.65 bits per heavy atom. The van der Waals surface area contributed by atoms with Gasteiger partial charge >= 0.3 is 0 Å². The van der Waals surface area contributed by atoms with Crippen LogP contribution in [0.4, 0.5) is 5.82 Å². The Bertz CT molecular complexity index is 1170. The van der Waals surface area contributed by atoms with Crippen LogP contribution >= 0.6 is 24.0 Å². The van der Waals surface area contributed by atoms with Crippen LogP contribution in [0.25, 0.3) is 11.7 Å². The van der Waals surface area contributed by atoms with E-state index in [9.17, 15) is 9.59 Å². The number of amides is 1. The lowest BCUT2D eigenvalue weighted by Gasteiger charge is -2.29. The molecule has 2 aromatic heterocycles. The van der Waals surface area contributed by atoms with Crippen molar-refractivity contribution in [1.29, 1.82) is 0 Å². The highest BCUT2D eigenvalue weighted by atomic mass is 32.2. The smallest absolute Gasteiger partial charge is 0.267 e. The topological polar surface area (TPSA) is 57.9 Å². The number of thioether (sulfide) groups is 1. The van der Waals surface area contributed by atoms with Crippen LogP contribution in [-0.4, -0.2) is 44.1 Å². The van der Waals surface area contributed by atoms with Crippen molar-refractivity contribution >= 4 is 51.7 Å². The van der Waals surface area contributed by atoms with Crippen LogP contribution in [0.3, 0.4) is 0 Å². The number of nitrogens with zero attached hydrogens (tertiary/aromatic N) is 4. The molecule has 2 aliphatic heterocycles. The Hall–Kier alpha value is -2.19. The number of aryl methyl sites for hydroxylation is 1. The molecular weight excluding hydrogens is 464 g/mol. The van der Waals surface area contributed by atoms with Crippen LogP contribution < -0.4 is 10.5 Å². The van der Waals surface area contributed by atoms with Crippen LogP contribution in [-0.2, 0) is 4.79 Å². The fourth-order valence-electron chi connectivity index (χ4n) is 4.68. The third-order valence-corrected chi connectivity index (χ3v) is 8.15. The summed E-state index contributed by atoms with van der Waals surface area (Å²) in [6, 6.07) is 3.85. The molecule has 2 aliphatic rings. The largest absolute Gasteiger partial charge is 0.356 e. The Morgan fingerprint density at radius 2 is 1.94 bits per heavy atom. The molecule has 2 aromatic rings. The standard InChI is InChI=1S/C26H34N4O2S2/c1-4-6-10-19(5-2)17-30-25(32)21(34-26(30)33)15-20-23(28-13-8-7-9-14-28)27-22-12-11-18(3)16-29(22)24(20)31/h11-12,15-16,19H,4-10,13-14,17H2,1-3H3. The van der Waals surface area contributed by atoms with E-state index in [0.717, 1.165) is 57.2 Å². The number of aromatic nitrogens is 2. The summed E-state index contributed by atoms with van der Waals surface area (Å²) in [6.45, 7) is 8.69. The first-order valence-electron chi connectivity index (χ1n) is 12.5. The molecule has 1 atom stereocenters. The fourth-order valence-corrected chi connectivity index (χ4v) is 5.94. The van der Waals surface area contributed by atoms with Crippen LogP contribution in [0.15, 0.2) is 28.0 Å². The summed E-state index contributed by atoms with van der Waals surface area (Å²) in [5, 5.41) is 0. The summed E-state index contributed by atoms with van der Waals surface area (Å²) in [7, 11) is 0. The molecule has 1 amide bonds. The molecule has 6 nitrogen and oxygen atoms in total. The highest BCUT2D eigenvalue weighted by molar-refractivity contribution is 8.26. The van der Waals surface area contributed by atoms with E-state index >= 15 is 0 Å². The van der Waals surface area contributed by atoms with Gasteiger partial charge in [-0.25, -0.2) is 4.98 Å².